The summed E-state index contributed by atoms with van der Waals surface area (Å²) in [6, 6.07) is 11.6. The number of hydrogen-bond acceptors (Lipinski definition) is 6. The molecule has 0 aliphatic rings. The van der Waals surface area contributed by atoms with Gasteiger partial charge in [0, 0.05) is 23.3 Å². The van der Waals surface area contributed by atoms with Gasteiger partial charge in [-0.25, -0.2) is 10.2 Å². The number of aliphatic carboxylic acids is 1. The molecule has 2 aromatic carbocycles. The molecule has 2 rings (SSSR count). The first-order valence-electron chi connectivity index (χ1n) is 6.99. The molecule has 0 radical (unpaired) electrons. The first kappa shape index (κ1) is 17.6. The number of para-hydroxylation sites is 1. The van der Waals surface area contributed by atoms with Crippen molar-refractivity contribution < 1.29 is 24.4 Å². The number of nitro benzene ring substituents is 1. The number of ether oxygens (including phenoxy) is 1. The normalized spacial score (nSPS) is 10.4. The Labute approximate surface area is 141 Å². The highest BCUT2D eigenvalue weighted by molar-refractivity contribution is 5.95. The average molecular weight is 343 g/mol. The van der Waals surface area contributed by atoms with E-state index in [0.29, 0.717) is 11.3 Å². The molecule has 0 fully saturated rings. The molecule has 0 spiro atoms. The van der Waals surface area contributed by atoms with Gasteiger partial charge >= 0.3 is 5.97 Å². The maximum atomic E-state index is 11.9. The van der Waals surface area contributed by atoms with Crippen molar-refractivity contribution in [2.24, 2.45) is 5.10 Å². The fourth-order valence-corrected chi connectivity index (χ4v) is 1.82. The maximum Gasteiger partial charge on any atom is 0.341 e. The zero-order valence-corrected chi connectivity index (χ0v) is 12.8. The summed E-state index contributed by atoms with van der Waals surface area (Å²) in [5.41, 5.74) is 2.84. The van der Waals surface area contributed by atoms with Gasteiger partial charge in [0.1, 0.15) is 5.75 Å². The van der Waals surface area contributed by atoms with Crippen LogP contribution in [0.4, 0.5) is 5.69 Å². The number of nitrogens with one attached hydrogen (secondary N) is 1. The minimum atomic E-state index is -1.11. The predicted molar refractivity (Wildman–Crippen MR) is 87.7 cm³/mol. The molecule has 0 saturated heterocycles. The summed E-state index contributed by atoms with van der Waals surface area (Å²) >= 11 is 0. The van der Waals surface area contributed by atoms with Crippen LogP contribution in [-0.4, -0.2) is 34.7 Å². The molecule has 0 aromatic heterocycles. The molecule has 0 saturated carbocycles. The lowest BCUT2D eigenvalue weighted by molar-refractivity contribution is -0.384. The standard InChI is InChI=1S/C16H13N3O6/c20-15(21)10-25-14-4-2-1-3-12(14)9-17-18-16(22)11-5-7-13(8-6-11)19(23)24/h1-9H,10H2,(H,18,22)(H,20,21). The van der Waals surface area contributed by atoms with Crippen molar-refractivity contribution in [3.63, 3.8) is 0 Å². The molecular formula is C16H13N3O6. The molecule has 9 heteroatoms. The third-order valence-corrected chi connectivity index (χ3v) is 2.98. The Hall–Kier alpha value is -3.75. The number of non-ortho nitro benzene ring substituents is 1. The van der Waals surface area contributed by atoms with E-state index in [-0.39, 0.29) is 11.3 Å². The Morgan fingerprint density at radius 3 is 2.52 bits per heavy atom. The summed E-state index contributed by atoms with van der Waals surface area (Å²) in [6.07, 6.45) is 1.31. The van der Waals surface area contributed by atoms with Crippen molar-refractivity contribution >= 4 is 23.8 Å². The SMILES string of the molecule is O=C(O)COc1ccccc1C=NNC(=O)c1ccc([N+](=O)[O-])cc1. The Bertz CT molecular complexity index is 817. The second-order valence-corrected chi connectivity index (χ2v) is 4.72. The Balaban J connectivity index is 2.01. The van der Waals surface area contributed by atoms with Gasteiger partial charge in [-0.1, -0.05) is 12.1 Å². The highest BCUT2D eigenvalue weighted by atomic mass is 16.6. The molecule has 0 aliphatic heterocycles. The molecule has 0 aliphatic carbocycles. The van der Waals surface area contributed by atoms with Crippen LogP contribution in [0.25, 0.3) is 0 Å². The number of hydrazone groups is 1. The Morgan fingerprint density at radius 2 is 1.88 bits per heavy atom. The number of carboxylic acid groups (broad SMARTS) is 1. The zero-order chi connectivity index (χ0) is 18.2. The second kappa shape index (κ2) is 8.20. The molecule has 25 heavy (non-hydrogen) atoms. The minimum Gasteiger partial charge on any atom is -0.481 e. The van der Waals surface area contributed by atoms with Crippen molar-refractivity contribution in [1.29, 1.82) is 0 Å². The van der Waals surface area contributed by atoms with Crippen LogP contribution >= 0.6 is 0 Å². The number of carbonyl (C=O) groups excluding carboxylic acids is 1. The largest absolute Gasteiger partial charge is 0.481 e. The van der Waals surface area contributed by atoms with Gasteiger partial charge in [-0.2, -0.15) is 5.10 Å². The molecule has 1 amide bonds. The number of hydrogen-bond donors (Lipinski definition) is 2. The van der Waals surface area contributed by atoms with Crippen molar-refractivity contribution in [3.05, 3.63) is 69.8 Å². The summed E-state index contributed by atoms with van der Waals surface area (Å²) in [6.45, 7) is -0.500. The number of rotatable bonds is 7. The molecule has 0 atom stereocenters. The van der Waals surface area contributed by atoms with Crippen LogP contribution in [0.5, 0.6) is 5.75 Å². The third-order valence-electron chi connectivity index (χ3n) is 2.98. The van der Waals surface area contributed by atoms with Gasteiger partial charge in [0.25, 0.3) is 11.6 Å². The number of nitro groups is 1. The zero-order valence-electron chi connectivity index (χ0n) is 12.8. The lowest BCUT2D eigenvalue weighted by Gasteiger charge is -2.06. The maximum absolute atomic E-state index is 11.9. The van der Waals surface area contributed by atoms with Crippen molar-refractivity contribution in [1.82, 2.24) is 5.43 Å². The number of benzene rings is 2. The van der Waals surface area contributed by atoms with E-state index in [1.54, 1.807) is 24.3 Å². The monoisotopic (exact) mass is 343 g/mol. The number of nitrogens with zero attached hydrogens (tertiary/aromatic N) is 2. The van der Waals surface area contributed by atoms with Crippen LogP contribution in [0, 0.1) is 10.1 Å². The van der Waals surface area contributed by atoms with Crippen molar-refractivity contribution in [2.75, 3.05) is 6.61 Å². The molecule has 128 valence electrons. The summed E-state index contributed by atoms with van der Waals surface area (Å²) in [7, 11) is 0. The van der Waals surface area contributed by atoms with Crippen molar-refractivity contribution in [2.45, 2.75) is 0 Å². The van der Waals surface area contributed by atoms with E-state index >= 15 is 0 Å². The van der Waals surface area contributed by atoms with E-state index in [9.17, 15) is 19.7 Å². The fraction of sp³-hybridized carbons (Fsp3) is 0.0625. The quantitative estimate of drug-likeness (QED) is 0.448. The molecule has 0 unspecified atom stereocenters. The van der Waals surface area contributed by atoms with Gasteiger partial charge in [0.05, 0.1) is 11.1 Å². The van der Waals surface area contributed by atoms with Gasteiger partial charge in [-0.15, -0.1) is 0 Å². The predicted octanol–water partition coefficient (Wildman–Crippen LogP) is 1.82. The molecule has 0 bridgehead atoms. The van der Waals surface area contributed by atoms with E-state index < -0.39 is 23.4 Å². The van der Waals surface area contributed by atoms with Crippen LogP contribution in [0.2, 0.25) is 0 Å². The molecular weight excluding hydrogens is 330 g/mol. The van der Waals surface area contributed by atoms with Crippen LogP contribution in [0.15, 0.2) is 53.6 Å². The Morgan fingerprint density at radius 1 is 1.20 bits per heavy atom. The number of carboxylic acids is 1. The third kappa shape index (κ3) is 5.13. The van der Waals surface area contributed by atoms with Gasteiger partial charge in [0.15, 0.2) is 6.61 Å². The minimum absolute atomic E-state index is 0.121. The average Bonchev–Trinajstić information content (AvgIpc) is 2.60. The van der Waals surface area contributed by atoms with Gasteiger partial charge < -0.3 is 9.84 Å². The van der Waals surface area contributed by atoms with E-state index in [1.807, 2.05) is 0 Å². The van der Waals surface area contributed by atoms with Crippen LogP contribution in [0.1, 0.15) is 15.9 Å². The van der Waals surface area contributed by atoms with Crippen molar-refractivity contribution in [3.8, 4) is 5.75 Å². The first-order chi connectivity index (χ1) is 12.0. The van der Waals surface area contributed by atoms with Gasteiger partial charge in [-0.3, -0.25) is 14.9 Å². The Kier molecular flexibility index (Phi) is 5.77. The first-order valence-corrected chi connectivity index (χ1v) is 6.99. The van der Waals surface area contributed by atoms with Crippen LogP contribution in [-0.2, 0) is 4.79 Å². The highest BCUT2D eigenvalue weighted by Gasteiger charge is 2.09. The molecule has 0 heterocycles. The molecule has 2 aromatic rings. The summed E-state index contributed by atoms with van der Waals surface area (Å²) in [5.74, 6) is -1.36. The number of amides is 1. The fourth-order valence-electron chi connectivity index (χ4n) is 1.82. The summed E-state index contributed by atoms with van der Waals surface area (Å²) in [4.78, 5) is 32.5. The smallest absolute Gasteiger partial charge is 0.341 e. The van der Waals surface area contributed by atoms with E-state index in [0.717, 1.165) is 0 Å². The van der Waals surface area contributed by atoms with E-state index in [2.05, 4.69) is 10.5 Å². The lowest BCUT2D eigenvalue weighted by atomic mass is 10.2. The van der Waals surface area contributed by atoms with Gasteiger partial charge in [-0.05, 0) is 24.3 Å². The summed E-state index contributed by atoms with van der Waals surface area (Å²) in [5, 5.41) is 23.0. The van der Waals surface area contributed by atoms with Crippen LogP contribution in [0.3, 0.4) is 0 Å². The van der Waals surface area contributed by atoms with Gasteiger partial charge in [0.2, 0.25) is 0 Å². The van der Waals surface area contributed by atoms with E-state index in [4.69, 9.17) is 9.84 Å². The lowest BCUT2D eigenvalue weighted by Crippen LogP contribution is -2.17. The second-order valence-electron chi connectivity index (χ2n) is 4.72. The van der Waals surface area contributed by atoms with E-state index in [1.165, 1.54) is 30.5 Å². The van der Waals surface area contributed by atoms with Crippen LogP contribution < -0.4 is 10.2 Å². The highest BCUT2D eigenvalue weighted by Crippen LogP contribution is 2.15. The molecule has 2 N–H and O–H groups in total. The molecule has 9 nitrogen and oxygen atoms in total. The number of carbonyl (C=O) groups is 2. The summed E-state index contributed by atoms with van der Waals surface area (Å²) < 4.78 is 5.11. The topological polar surface area (TPSA) is 131 Å².